The summed E-state index contributed by atoms with van der Waals surface area (Å²) in [6.07, 6.45) is 2.58. The van der Waals surface area contributed by atoms with Gasteiger partial charge in [0.05, 0.1) is 23.4 Å². The van der Waals surface area contributed by atoms with E-state index in [4.69, 9.17) is 4.74 Å². The average Bonchev–Trinajstić information content (AvgIpc) is 2.75. The van der Waals surface area contributed by atoms with E-state index in [1.54, 1.807) is 10.9 Å². The van der Waals surface area contributed by atoms with Crippen LogP contribution in [-0.4, -0.2) is 33.1 Å². The van der Waals surface area contributed by atoms with Crippen molar-refractivity contribution in [2.75, 3.05) is 0 Å². The van der Waals surface area contributed by atoms with E-state index in [0.717, 1.165) is 17.7 Å². The topological polar surface area (TPSA) is 68.2 Å². The molecule has 0 aliphatic carbocycles. The standard InChI is InChI=1S/C15H26N4O2/c1-10-11(9-17-19(10)6)8-16-13(20)18-12-7-14(2,3)21-15(12,4)5/h9,12H,7-8H2,1-6H3,(H2,16,18,20)/t12-/m0/s1. The second-order valence-corrected chi connectivity index (χ2v) is 6.93. The van der Waals surface area contributed by atoms with Crippen LogP contribution in [0.2, 0.25) is 0 Å². The van der Waals surface area contributed by atoms with Gasteiger partial charge in [0.2, 0.25) is 0 Å². The minimum Gasteiger partial charge on any atom is -0.367 e. The van der Waals surface area contributed by atoms with Crippen molar-refractivity contribution in [3.05, 3.63) is 17.5 Å². The third kappa shape index (κ3) is 3.56. The van der Waals surface area contributed by atoms with Crippen molar-refractivity contribution in [2.24, 2.45) is 7.05 Å². The summed E-state index contributed by atoms with van der Waals surface area (Å²) in [6.45, 7) is 10.6. The number of carbonyl (C=O) groups is 1. The SMILES string of the molecule is Cc1c(CNC(=O)N[C@H]2CC(C)(C)OC2(C)C)cnn1C. The molecule has 1 aliphatic rings. The summed E-state index contributed by atoms with van der Waals surface area (Å²) in [6, 6.07) is -0.167. The summed E-state index contributed by atoms with van der Waals surface area (Å²) in [4.78, 5) is 12.1. The highest BCUT2D eigenvalue weighted by Gasteiger charge is 2.46. The largest absolute Gasteiger partial charge is 0.367 e. The minimum absolute atomic E-state index is 0.00231. The van der Waals surface area contributed by atoms with E-state index in [-0.39, 0.29) is 23.3 Å². The number of amides is 2. The van der Waals surface area contributed by atoms with Gasteiger partial charge in [0.1, 0.15) is 0 Å². The quantitative estimate of drug-likeness (QED) is 0.894. The molecule has 2 rings (SSSR count). The van der Waals surface area contributed by atoms with Gasteiger partial charge in [-0.2, -0.15) is 5.10 Å². The smallest absolute Gasteiger partial charge is 0.315 e. The molecule has 0 radical (unpaired) electrons. The van der Waals surface area contributed by atoms with E-state index in [1.807, 2.05) is 41.7 Å². The average molecular weight is 294 g/mol. The number of hydrogen-bond donors (Lipinski definition) is 2. The maximum Gasteiger partial charge on any atom is 0.315 e. The van der Waals surface area contributed by atoms with Crippen LogP contribution in [0, 0.1) is 6.92 Å². The number of hydrogen-bond acceptors (Lipinski definition) is 3. The Morgan fingerprint density at radius 3 is 2.62 bits per heavy atom. The van der Waals surface area contributed by atoms with Crippen LogP contribution >= 0.6 is 0 Å². The Hall–Kier alpha value is -1.56. The van der Waals surface area contributed by atoms with E-state index in [9.17, 15) is 4.79 Å². The zero-order chi connectivity index (χ0) is 15.8. The lowest BCUT2D eigenvalue weighted by Gasteiger charge is -2.27. The lowest BCUT2D eigenvalue weighted by atomic mass is 9.95. The fraction of sp³-hybridized carbons (Fsp3) is 0.733. The molecule has 2 heterocycles. The molecule has 1 aliphatic heterocycles. The lowest BCUT2D eigenvalue weighted by molar-refractivity contribution is -0.0690. The molecule has 1 fully saturated rings. The number of rotatable bonds is 3. The van der Waals surface area contributed by atoms with Crippen LogP contribution in [0.1, 0.15) is 45.4 Å². The summed E-state index contributed by atoms with van der Waals surface area (Å²) in [5.41, 5.74) is 1.52. The van der Waals surface area contributed by atoms with Crippen LogP contribution in [0.25, 0.3) is 0 Å². The van der Waals surface area contributed by atoms with Crippen LogP contribution < -0.4 is 10.6 Å². The zero-order valence-corrected chi connectivity index (χ0v) is 13.8. The summed E-state index contributed by atoms with van der Waals surface area (Å²) in [5.74, 6) is 0. The first-order chi connectivity index (χ1) is 9.61. The molecule has 1 aromatic rings. The van der Waals surface area contributed by atoms with Gasteiger partial charge in [0.25, 0.3) is 0 Å². The summed E-state index contributed by atoms with van der Waals surface area (Å²) >= 11 is 0. The monoisotopic (exact) mass is 294 g/mol. The molecule has 21 heavy (non-hydrogen) atoms. The molecule has 6 nitrogen and oxygen atoms in total. The normalized spacial score (nSPS) is 23.0. The van der Waals surface area contributed by atoms with Gasteiger partial charge in [-0.15, -0.1) is 0 Å². The van der Waals surface area contributed by atoms with Crippen molar-refractivity contribution < 1.29 is 9.53 Å². The maximum atomic E-state index is 12.1. The van der Waals surface area contributed by atoms with Gasteiger partial charge in [-0.05, 0) is 41.0 Å². The van der Waals surface area contributed by atoms with Crippen LogP contribution in [0.15, 0.2) is 6.20 Å². The number of carbonyl (C=O) groups excluding carboxylic acids is 1. The molecule has 6 heteroatoms. The highest BCUT2D eigenvalue weighted by atomic mass is 16.5. The zero-order valence-electron chi connectivity index (χ0n) is 13.8. The van der Waals surface area contributed by atoms with E-state index < -0.39 is 0 Å². The minimum atomic E-state index is -0.356. The van der Waals surface area contributed by atoms with E-state index >= 15 is 0 Å². The summed E-state index contributed by atoms with van der Waals surface area (Å²) in [5, 5.41) is 10.1. The first kappa shape index (κ1) is 15.8. The molecule has 1 atom stereocenters. The highest BCUT2D eigenvalue weighted by Crippen LogP contribution is 2.37. The molecule has 1 saturated heterocycles. The highest BCUT2D eigenvalue weighted by molar-refractivity contribution is 5.74. The molecular formula is C15H26N4O2. The molecule has 2 N–H and O–H groups in total. The number of ether oxygens (including phenoxy) is 1. The van der Waals surface area contributed by atoms with Crippen molar-refractivity contribution in [3.8, 4) is 0 Å². The van der Waals surface area contributed by atoms with E-state index in [2.05, 4.69) is 15.7 Å². The third-order valence-electron chi connectivity index (χ3n) is 4.16. The molecular weight excluding hydrogens is 268 g/mol. The van der Waals surface area contributed by atoms with Crippen molar-refractivity contribution in [1.82, 2.24) is 20.4 Å². The Kier molecular flexibility index (Phi) is 4.02. The predicted molar refractivity (Wildman–Crippen MR) is 81.0 cm³/mol. The first-order valence-corrected chi connectivity index (χ1v) is 7.33. The van der Waals surface area contributed by atoms with Crippen molar-refractivity contribution in [1.29, 1.82) is 0 Å². The number of aryl methyl sites for hydroxylation is 1. The van der Waals surface area contributed by atoms with E-state index in [1.165, 1.54) is 0 Å². The molecule has 0 unspecified atom stereocenters. The molecule has 0 saturated carbocycles. The van der Waals surface area contributed by atoms with Gasteiger partial charge in [-0.25, -0.2) is 4.79 Å². The number of nitrogens with one attached hydrogen (secondary N) is 2. The molecule has 1 aromatic heterocycles. The molecule has 0 spiro atoms. The fourth-order valence-corrected chi connectivity index (χ4v) is 2.89. The van der Waals surface area contributed by atoms with Crippen molar-refractivity contribution in [3.63, 3.8) is 0 Å². The number of aromatic nitrogens is 2. The van der Waals surface area contributed by atoms with Gasteiger partial charge in [0.15, 0.2) is 0 Å². The Morgan fingerprint density at radius 1 is 1.48 bits per heavy atom. The van der Waals surface area contributed by atoms with E-state index in [0.29, 0.717) is 6.54 Å². The first-order valence-electron chi connectivity index (χ1n) is 7.33. The van der Waals surface area contributed by atoms with Crippen molar-refractivity contribution in [2.45, 2.75) is 64.8 Å². The summed E-state index contributed by atoms with van der Waals surface area (Å²) < 4.78 is 7.78. The van der Waals surface area contributed by atoms with Crippen molar-refractivity contribution >= 4 is 6.03 Å². The summed E-state index contributed by atoms with van der Waals surface area (Å²) in [7, 11) is 1.89. The molecule has 0 bridgehead atoms. The second kappa shape index (κ2) is 5.33. The predicted octanol–water partition coefficient (Wildman–Crippen LogP) is 1.87. The van der Waals surface area contributed by atoms with Gasteiger partial charge in [-0.3, -0.25) is 4.68 Å². The van der Waals surface area contributed by atoms with Crippen LogP contribution in [-0.2, 0) is 18.3 Å². The third-order valence-corrected chi connectivity index (χ3v) is 4.16. The molecule has 118 valence electrons. The van der Waals surface area contributed by atoms with Crippen LogP contribution in [0.4, 0.5) is 4.79 Å². The Morgan fingerprint density at radius 2 is 2.14 bits per heavy atom. The van der Waals surface area contributed by atoms with Gasteiger partial charge >= 0.3 is 6.03 Å². The molecule has 0 aromatic carbocycles. The number of nitrogens with zero attached hydrogens (tertiary/aromatic N) is 2. The van der Waals surface area contributed by atoms with Crippen LogP contribution in [0.5, 0.6) is 0 Å². The Bertz CT molecular complexity index is 534. The fourth-order valence-electron chi connectivity index (χ4n) is 2.89. The lowest BCUT2D eigenvalue weighted by Crippen LogP contribution is -2.49. The maximum absolute atomic E-state index is 12.1. The Balaban J connectivity index is 1.89. The Labute approximate surface area is 126 Å². The second-order valence-electron chi connectivity index (χ2n) is 6.93. The number of urea groups is 1. The van der Waals surface area contributed by atoms with Gasteiger partial charge < -0.3 is 15.4 Å². The van der Waals surface area contributed by atoms with Crippen LogP contribution in [0.3, 0.4) is 0 Å². The van der Waals surface area contributed by atoms with Gasteiger partial charge in [0, 0.05) is 24.8 Å². The van der Waals surface area contributed by atoms with Gasteiger partial charge in [-0.1, -0.05) is 0 Å². The molecule has 2 amide bonds.